The van der Waals surface area contributed by atoms with Crippen LogP contribution in [0.2, 0.25) is 0 Å². The predicted octanol–water partition coefficient (Wildman–Crippen LogP) is 1.46. The molecule has 9 heteroatoms. The molecule has 0 radical (unpaired) electrons. The van der Waals surface area contributed by atoms with Crippen LogP contribution in [0.1, 0.15) is 19.3 Å². The first kappa shape index (κ1) is 17.8. The van der Waals surface area contributed by atoms with Crippen molar-refractivity contribution in [3.05, 3.63) is 34.4 Å². The number of non-ortho nitro benzene ring substituents is 1. The molecule has 0 aliphatic carbocycles. The van der Waals surface area contributed by atoms with Crippen LogP contribution in [0.5, 0.6) is 0 Å². The fourth-order valence-corrected chi connectivity index (χ4v) is 3.28. The molecule has 1 fully saturated rings. The largest absolute Gasteiger partial charge is 0.379 e. The Morgan fingerprint density at radius 3 is 2.70 bits per heavy atom. The van der Waals surface area contributed by atoms with E-state index in [1.54, 1.807) is 0 Å². The second kappa shape index (κ2) is 8.34. The lowest BCUT2D eigenvalue weighted by atomic mass is 10.2. The average Bonchev–Trinajstić information content (AvgIpc) is 3.04. The number of nitro benzene ring substituents is 1. The first-order valence-electron chi connectivity index (χ1n) is 7.42. The van der Waals surface area contributed by atoms with Gasteiger partial charge in [0.05, 0.1) is 22.5 Å². The molecule has 1 heterocycles. The van der Waals surface area contributed by atoms with E-state index in [1.165, 1.54) is 24.3 Å². The Bertz CT molecular complexity index is 611. The van der Waals surface area contributed by atoms with Crippen LogP contribution >= 0.6 is 0 Å². The Balaban J connectivity index is 1.70. The Hall–Kier alpha value is -1.55. The summed E-state index contributed by atoms with van der Waals surface area (Å²) in [6, 6.07) is 4.77. The third-order valence-corrected chi connectivity index (χ3v) is 4.92. The maximum Gasteiger partial charge on any atom is 0.269 e. The first-order valence-corrected chi connectivity index (χ1v) is 8.91. The average molecular weight is 344 g/mol. The van der Waals surface area contributed by atoms with Crippen molar-refractivity contribution in [1.29, 1.82) is 0 Å². The van der Waals surface area contributed by atoms with E-state index in [0.29, 0.717) is 19.6 Å². The molecule has 0 bridgehead atoms. The molecule has 1 saturated heterocycles. The minimum absolute atomic E-state index is 0.00312. The lowest BCUT2D eigenvalue weighted by Gasteiger charge is -2.10. The smallest absolute Gasteiger partial charge is 0.269 e. The highest BCUT2D eigenvalue weighted by Gasteiger charge is 2.16. The molecule has 0 saturated carbocycles. The molecule has 1 aromatic carbocycles. The summed E-state index contributed by atoms with van der Waals surface area (Å²) in [6.07, 6.45) is 2.76. The summed E-state index contributed by atoms with van der Waals surface area (Å²) in [5.41, 5.74) is -0.147. The van der Waals surface area contributed by atoms with Crippen molar-refractivity contribution in [2.75, 3.05) is 26.4 Å². The van der Waals surface area contributed by atoms with Crippen molar-refractivity contribution in [3.8, 4) is 0 Å². The minimum atomic E-state index is -3.66. The van der Waals surface area contributed by atoms with Gasteiger partial charge in [0, 0.05) is 31.9 Å². The standard InChI is InChI=1S/C14H20N2O6S/c17-16(18)12-4-6-14(7-5-12)23(19,20)15-8-2-9-21-11-13-3-1-10-22-13/h4-7,13,15H,1-3,8-11H2/t13-/m0/s1. The topological polar surface area (TPSA) is 108 Å². The molecule has 0 aromatic heterocycles. The number of nitrogens with zero attached hydrogens (tertiary/aromatic N) is 1. The van der Waals surface area contributed by atoms with Crippen LogP contribution in [0.15, 0.2) is 29.2 Å². The molecule has 1 atom stereocenters. The van der Waals surface area contributed by atoms with E-state index in [9.17, 15) is 18.5 Å². The number of rotatable bonds is 9. The van der Waals surface area contributed by atoms with Crippen LogP contribution in [-0.2, 0) is 19.5 Å². The van der Waals surface area contributed by atoms with Gasteiger partial charge in [0.1, 0.15) is 0 Å². The van der Waals surface area contributed by atoms with Crippen LogP contribution in [0.25, 0.3) is 0 Å². The highest BCUT2D eigenvalue weighted by atomic mass is 32.2. The first-order chi connectivity index (χ1) is 11.0. The van der Waals surface area contributed by atoms with Crippen molar-refractivity contribution in [2.45, 2.75) is 30.3 Å². The van der Waals surface area contributed by atoms with Gasteiger partial charge >= 0.3 is 0 Å². The van der Waals surface area contributed by atoms with Gasteiger partial charge in [0.25, 0.3) is 5.69 Å². The number of ether oxygens (including phenoxy) is 2. The summed E-state index contributed by atoms with van der Waals surface area (Å²) < 4.78 is 37.3. The number of sulfonamides is 1. The second-order valence-corrected chi connectivity index (χ2v) is 6.98. The van der Waals surface area contributed by atoms with Crippen molar-refractivity contribution >= 4 is 15.7 Å². The zero-order valence-corrected chi connectivity index (χ0v) is 13.5. The molecule has 8 nitrogen and oxygen atoms in total. The SMILES string of the molecule is O=[N+]([O-])c1ccc(S(=O)(=O)NCCCOC[C@@H]2CCCO2)cc1. The van der Waals surface area contributed by atoms with Gasteiger partial charge in [0.15, 0.2) is 0 Å². The van der Waals surface area contributed by atoms with Crippen molar-refractivity contribution in [1.82, 2.24) is 4.72 Å². The van der Waals surface area contributed by atoms with Crippen LogP contribution in [0.3, 0.4) is 0 Å². The van der Waals surface area contributed by atoms with Crippen molar-refractivity contribution < 1.29 is 22.8 Å². The van der Waals surface area contributed by atoms with E-state index in [4.69, 9.17) is 9.47 Å². The van der Waals surface area contributed by atoms with Crippen LogP contribution < -0.4 is 4.72 Å². The highest BCUT2D eigenvalue weighted by Crippen LogP contribution is 2.15. The molecule has 2 rings (SSSR count). The van der Waals surface area contributed by atoms with Crippen LogP contribution in [-0.4, -0.2) is 45.8 Å². The van der Waals surface area contributed by atoms with Gasteiger partial charge in [-0.2, -0.15) is 0 Å². The number of hydrogen-bond acceptors (Lipinski definition) is 6. The number of nitrogens with one attached hydrogen (secondary N) is 1. The number of hydrogen-bond donors (Lipinski definition) is 1. The van der Waals surface area contributed by atoms with Gasteiger partial charge < -0.3 is 9.47 Å². The molecule has 0 amide bonds. The minimum Gasteiger partial charge on any atom is -0.379 e. The van der Waals surface area contributed by atoms with Gasteiger partial charge in [0.2, 0.25) is 10.0 Å². The summed E-state index contributed by atoms with van der Waals surface area (Å²) in [4.78, 5) is 9.98. The fourth-order valence-electron chi connectivity index (χ4n) is 2.20. The van der Waals surface area contributed by atoms with E-state index in [0.717, 1.165) is 19.4 Å². The quantitative estimate of drug-likeness (QED) is 0.413. The second-order valence-electron chi connectivity index (χ2n) is 5.21. The van der Waals surface area contributed by atoms with E-state index in [-0.39, 0.29) is 23.2 Å². The molecule has 128 valence electrons. The summed E-state index contributed by atoms with van der Waals surface area (Å²) >= 11 is 0. The van der Waals surface area contributed by atoms with Crippen molar-refractivity contribution in [3.63, 3.8) is 0 Å². The Labute approximate surface area is 135 Å². The molecular formula is C14H20N2O6S. The summed E-state index contributed by atoms with van der Waals surface area (Å²) in [5, 5.41) is 10.5. The summed E-state index contributed by atoms with van der Waals surface area (Å²) in [6.45, 7) is 2.01. The monoisotopic (exact) mass is 344 g/mol. The normalized spacial score (nSPS) is 18.2. The molecule has 1 N–H and O–H groups in total. The molecule has 0 unspecified atom stereocenters. The molecule has 1 aromatic rings. The van der Waals surface area contributed by atoms with Gasteiger partial charge in [-0.25, -0.2) is 13.1 Å². The Kier molecular flexibility index (Phi) is 6.46. The summed E-state index contributed by atoms with van der Waals surface area (Å²) in [7, 11) is -3.66. The number of benzene rings is 1. The van der Waals surface area contributed by atoms with Gasteiger partial charge in [-0.15, -0.1) is 0 Å². The summed E-state index contributed by atoms with van der Waals surface area (Å²) in [5.74, 6) is 0. The van der Waals surface area contributed by atoms with Gasteiger partial charge in [-0.3, -0.25) is 10.1 Å². The van der Waals surface area contributed by atoms with Crippen LogP contribution in [0, 0.1) is 10.1 Å². The third-order valence-electron chi connectivity index (χ3n) is 3.44. The maximum absolute atomic E-state index is 12.0. The zero-order chi connectivity index (χ0) is 16.7. The van der Waals surface area contributed by atoms with E-state index in [2.05, 4.69) is 4.72 Å². The fraction of sp³-hybridized carbons (Fsp3) is 0.571. The Morgan fingerprint density at radius 1 is 1.35 bits per heavy atom. The van der Waals surface area contributed by atoms with E-state index < -0.39 is 14.9 Å². The van der Waals surface area contributed by atoms with Gasteiger partial charge in [-0.1, -0.05) is 0 Å². The van der Waals surface area contributed by atoms with Gasteiger partial charge in [-0.05, 0) is 31.4 Å². The molecular weight excluding hydrogens is 324 g/mol. The van der Waals surface area contributed by atoms with Crippen LogP contribution in [0.4, 0.5) is 5.69 Å². The highest BCUT2D eigenvalue weighted by molar-refractivity contribution is 7.89. The lowest BCUT2D eigenvalue weighted by molar-refractivity contribution is -0.384. The molecule has 1 aliphatic rings. The maximum atomic E-state index is 12.0. The molecule has 23 heavy (non-hydrogen) atoms. The number of nitro groups is 1. The predicted molar refractivity (Wildman–Crippen MR) is 82.7 cm³/mol. The lowest BCUT2D eigenvalue weighted by Crippen LogP contribution is -2.26. The molecule has 0 spiro atoms. The molecule has 1 aliphatic heterocycles. The van der Waals surface area contributed by atoms with Crippen molar-refractivity contribution in [2.24, 2.45) is 0 Å². The Morgan fingerprint density at radius 2 is 2.09 bits per heavy atom. The van der Waals surface area contributed by atoms with E-state index >= 15 is 0 Å². The third kappa shape index (κ3) is 5.54. The van der Waals surface area contributed by atoms with E-state index in [1.807, 2.05) is 0 Å². The zero-order valence-electron chi connectivity index (χ0n) is 12.6.